The molecule has 1 aromatic heterocycles. The van der Waals surface area contributed by atoms with Gasteiger partial charge in [-0.1, -0.05) is 12.1 Å². The monoisotopic (exact) mass is 316 g/mol. The summed E-state index contributed by atoms with van der Waals surface area (Å²) in [6.45, 7) is 2.75. The molecule has 0 atom stereocenters. The van der Waals surface area contributed by atoms with Crippen LogP contribution >= 0.6 is 0 Å². The largest absolute Gasteiger partial charge is 0.336 e. The van der Waals surface area contributed by atoms with E-state index in [1.807, 2.05) is 4.90 Å². The molecular weight excluding hydrogens is 295 g/mol. The molecule has 1 aliphatic heterocycles. The lowest BCUT2D eigenvalue weighted by atomic mass is 10.1. The topological polar surface area (TPSA) is 50.2 Å². The predicted octanol–water partition coefficient (Wildman–Crippen LogP) is 2.88. The number of amides is 2. The lowest BCUT2D eigenvalue weighted by molar-refractivity contribution is 0.186. The highest BCUT2D eigenvalue weighted by Gasteiger charge is 2.15. The Labute approximate surface area is 135 Å². The van der Waals surface area contributed by atoms with E-state index >= 15 is 0 Å². The number of nitrogens with zero attached hydrogens (tertiary/aromatic N) is 3. The summed E-state index contributed by atoms with van der Waals surface area (Å²) in [4.78, 5) is 13.9. The van der Waals surface area contributed by atoms with Gasteiger partial charge in [0.2, 0.25) is 0 Å². The number of hydrogen-bond acceptors (Lipinski definition) is 2. The average molecular weight is 316 g/mol. The molecule has 1 fully saturated rings. The molecule has 0 aliphatic carbocycles. The molecule has 0 saturated carbocycles. The Morgan fingerprint density at radius 3 is 2.74 bits per heavy atom. The van der Waals surface area contributed by atoms with Crippen molar-refractivity contribution in [1.82, 2.24) is 20.0 Å². The van der Waals surface area contributed by atoms with Gasteiger partial charge in [0.25, 0.3) is 0 Å². The van der Waals surface area contributed by atoms with Crippen LogP contribution in [-0.4, -0.2) is 40.3 Å². The zero-order valence-corrected chi connectivity index (χ0v) is 13.0. The fourth-order valence-corrected chi connectivity index (χ4v) is 2.78. The Morgan fingerprint density at radius 1 is 1.17 bits per heavy atom. The first-order valence-corrected chi connectivity index (χ1v) is 8.05. The molecule has 1 aromatic carbocycles. The van der Waals surface area contributed by atoms with E-state index in [0.29, 0.717) is 24.3 Å². The molecule has 3 rings (SSSR count). The van der Waals surface area contributed by atoms with Gasteiger partial charge in [-0.25, -0.2) is 9.18 Å². The van der Waals surface area contributed by atoms with Crippen molar-refractivity contribution in [2.75, 3.05) is 19.6 Å². The number of rotatable bonds is 4. The van der Waals surface area contributed by atoms with E-state index in [9.17, 15) is 9.18 Å². The van der Waals surface area contributed by atoms with Crippen molar-refractivity contribution in [3.63, 3.8) is 0 Å². The summed E-state index contributed by atoms with van der Waals surface area (Å²) < 4.78 is 15.5. The fourth-order valence-electron chi connectivity index (χ4n) is 2.78. The standard InChI is InChI=1S/C17H21FN4O/c18-15-7-3-2-6-14(15)16-8-12-22(20-16)13-9-19-17(23)21-10-4-1-5-11-21/h2-3,6-8,12H,1,4-5,9-11,13H2,(H,19,23). The van der Waals surface area contributed by atoms with Crippen LogP contribution in [0.3, 0.4) is 0 Å². The van der Waals surface area contributed by atoms with E-state index in [0.717, 1.165) is 25.9 Å². The first-order valence-electron chi connectivity index (χ1n) is 8.05. The Balaban J connectivity index is 1.51. The van der Waals surface area contributed by atoms with Gasteiger partial charge in [-0.3, -0.25) is 4.68 Å². The van der Waals surface area contributed by atoms with Gasteiger partial charge < -0.3 is 10.2 Å². The zero-order chi connectivity index (χ0) is 16.1. The smallest absolute Gasteiger partial charge is 0.317 e. The number of benzene rings is 1. The summed E-state index contributed by atoms with van der Waals surface area (Å²) >= 11 is 0. The van der Waals surface area contributed by atoms with Crippen molar-refractivity contribution in [1.29, 1.82) is 0 Å². The van der Waals surface area contributed by atoms with Crippen LogP contribution in [0, 0.1) is 5.82 Å². The Bertz CT molecular complexity index is 664. The lowest BCUT2D eigenvalue weighted by Gasteiger charge is -2.26. The Kier molecular flexibility index (Phi) is 4.90. The van der Waals surface area contributed by atoms with Gasteiger partial charge >= 0.3 is 6.03 Å². The van der Waals surface area contributed by atoms with Crippen LogP contribution in [0.25, 0.3) is 11.3 Å². The maximum atomic E-state index is 13.7. The van der Waals surface area contributed by atoms with Gasteiger partial charge in [0, 0.05) is 31.4 Å². The molecule has 1 saturated heterocycles. The summed E-state index contributed by atoms with van der Waals surface area (Å²) in [5.41, 5.74) is 1.09. The highest BCUT2D eigenvalue weighted by Crippen LogP contribution is 2.20. The minimum absolute atomic E-state index is 0.00816. The molecule has 6 heteroatoms. The Morgan fingerprint density at radius 2 is 1.96 bits per heavy atom. The van der Waals surface area contributed by atoms with Crippen LogP contribution in [-0.2, 0) is 6.54 Å². The number of urea groups is 1. The molecule has 1 N–H and O–H groups in total. The van der Waals surface area contributed by atoms with E-state index < -0.39 is 0 Å². The van der Waals surface area contributed by atoms with Gasteiger partial charge in [0.15, 0.2) is 0 Å². The van der Waals surface area contributed by atoms with Gasteiger partial charge in [-0.05, 0) is 37.5 Å². The number of halogens is 1. The molecule has 0 radical (unpaired) electrons. The molecule has 5 nitrogen and oxygen atoms in total. The summed E-state index contributed by atoms with van der Waals surface area (Å²) in [7, 11) is 0. The van der Waals surface area contributed by atoms with Crippen LogP contribution in [0.2, 0.25) is 0 Å². The normalized spacial score (nSPS) is 14.7. The van der Waals surface area contributed by atoms with Crippen LogP contribution in [0.5, 0.6) is 0 Å². The van der Waals surface area contributed by atoms with E-state index in [1.165, 1.54) is 12.5 Å². The van der Waals surface area contributed by atoms with Crippen molar-refractivity contribution < 1.29 is 9.18 Å². The minimum Gasteiger partial charge on any atom is -0.336 e. The van der Waals surface area contributed by atoms with Crippen molar-refractivity contribution in [3.05, 3.63) is 42.3 Å². The van der Waals surface area contributed by atoms with Crippen LogP contribution < -0.4 is 5.32 Å². The zero-order valence-electron chi connectivity index (χ0n) is 13.0. The molecule has 0 spiro atoms. The molecule has 2 heterocycles. The second kappa shape index (κ2) is 7.26. The molecule has 2 amide bonds. The second-order valence-corrected chi connectivity index (χ2v) is 5.72. The third-order valence-corrected chi connectivity index (χ3v) is 4.05. The molecule has 122 valence electrons. The quantitative estimate of drug-likeness (QED) is 0.943. The number of carbonyl (C=O) groups excluding carboxylic acids is 1. The van der Waals surface area contributed by atoms with E-state index in [-0.39, 0.29) is 11.8 Å². The third-order valence-electron chi connectivity index (χ3n) is 4.05. The maximum absolute atomic E-state index is 13.7. The van der Waals surface area contributed by atoms with E-state index in [2.05, 4.69) is 10.4 Å². The summed E-state index contributed by atoms with van der Waals surface area (Å²) in [5, 5.41) is 7.28. The lowest BCUT2D eigenvalue weighted by Crippen LogP contribution is -2.43. The number of likely N-dealkylation sites (tertiary alicyclic amines) is 1. The molecule has 23 heavy (non-hydrogen) atoms. The van der Waals surface area contributed by atoms with E-state index in [1.54, 1.807) is 35.1 Å². The maximum Gasteiger partial charge on any atom is 0.317 e. The number of aromatic nitrogens is 2. The van der Waals surface area contributed by atoms with E-state index in [4.69, 9.17) is 0 Å². The molecule has 0 bridgehead atoms. The van der Waals surface area contributed by atoms with Crippen molar-refractivity contribution in [2.24, 2.45) is 0 Å². The SMILES string of the molecule is O=C(NCCn1ccc(-c2ccccc2F)n1)N1CCCCC1. The summed E-state index contributed by atoms with van der Waals surface area (Å²) in [6.07, 6.45) is 5.17. The number of nitrogens with one attached hydrogen (secondary N) is 1. The first-order chi connectivity index (χ1) is 11.2. The molecule has 2 aromatic rings. The van der Waals surface area contributed by atoms with Crippen LogP contribution in [0.4, 0.5) is 9.18 Å². The molecule has 1 aliphatic rings. The van der Waals surface area contributed by atoms with Crippen molar-refractivity contribution in [3.8, 4) is 11.3 Å². The third kappa shape index (κ3) is 3.88. The van der Waals surface area contributed by atoms with Crippen molar-refractivity contribution >= 4 is 6.03 Å². The van der Waals surface area contributed by atoms with Gasteiger partial charge in [0.1, 0.15) is 5.82 Å². The molecule has 0 unspecified atom stereocenters. The highest BCUT2D eigenvalue weighted by molar-refractivity contribution is 5.74. The Hall–Kier alpha value is -2.37. The van der Waals surface area contributed by atoms with Gasteiger partial charge in [0.05, 0.1) is 12.2 Å². The first kappa shape index (κ1) is 15.5. The van der Waals surface area contributed by atoms with Crippen LogP contribution in [0.15, 0.2) is 36.5 Å². The average Bonchev–Trinajstić information content (AvgIpc) is 3.04. The van der Waals surface area contributed by atoms with Gasteiger partial charge in [-0.2, -0.15) is 5.10 Å². The number of piperidine rings is 1. The number of hydrogen-bond donors (Lipinski definition) is 1. The minimum atomic E-state index is -0.281. The number of carbonyl (C=O) groups is 1. The highest BCUT2D eigenvalue weighted by atomic mass is 19.1. The summed E-state index contributed by atoms with van der Waals surface area (Å²) in [5.74, 6) is -0.281. The molecular formula is C17H21FN4O. The fraction of sp³-hybridized carbons (Fsp3) is 0.412. The summed E-state index contributed by atoms with van der Waals surface area (Å²) in [6, 6.07) is 8.35. The van der Waals surface area contributed by atoms with Crippen LogP contribution in [0.1, 0.15) is 19.3 Å². The van der Waals surface area contributed by atoms with Crippen molar-refractivity contribution in [2.45, 2.75) is 25.8 Å². The predicted molar refractivity (Wildman–Crippen MR) is 86.4 cm³/mol. The second-order valence-electron chi connectivity index (χ2n) is 5.72. The van der Waals surface area contributed by atoms with Gasteiger partial charge in [-0.15, -0.1) is 0 Å².